The number of ether oxygens (including phenoxy) is 1. The van der Waals surface area contributed by atoms with Gasteiger partial charge in [0.25, 0.3) is 0 Å². The molecule has 0 radical (unpaired) electrons. The summed E-state index contributed by atoms with van der Waals surface area (Å²) in [5, 5.41) is 0. The molecule has 2 aliphatic carbocycles. The van der Waals surface area contributed by atoms with Gasteiger partial charge in [-0.25, -0.2) is 0 Å². The Labute approximate surface area is 62.1 Å². The van der Waals surface area contributed by atoms with Crippen LogP contribution in [-0.2, 0) is 4.74 Å². The van der Waals surface area contributed by atoms with Crippen molar-refractivity contribution in [1.29, 1.82) is 0 Å². The number of hydrogen-bond acceptors (Lipinski definition) is 1. The Morgan fingerprint density at radius 1 is 1.30 bits per heavy atom. The van der Waals surface area contributed by atoms with Crippen LogP contribution in [0, 0.1) is 11.8 Å². The lowest BCUT2D eigenvalue weighted by atomic mass is 10.1. The van der Waals surface area contributed by atoms with Crippen molar-refractivity contribution in [3.05, 3.63) is 12.2 Å². The maximum absolute atomic E-state index is 5.63. The highest BCUT2D eigenvalue weighted by atomic mass is 16.5. The topological polar surface area (TPSA) is 9.23 Å². The fourth-order valence-electron chi connectivity index (χ4n) is 2.17. The molecule has 0 heterocycles. The predicted molar refractivity (Wildman–Crippen MR) is 40.8 cm³/mol. The molecule has 0 aromatic heterocycles. The van der Waals surface area contributed by atoms with Gasteiger partial charge in [-0.05, 0) is 19.8 Å². The molecule has 0 aromatic carbocycles. The van der Waals surface area contributed by atoms with Crippen LogP contribution < -0.4 is 0 Å². The molecule has 2 rings (SSSR count). The Bertz CT molecular complexity index is 137. The van der Waals surface area contributed by atoms with Gasteiger partial charge in [-0.1, -0.05) is 12.2 Å². The van der Waals surface area contributed by atoms with Crippen molar-refractivity contribution in [2.24, 2.45) is 11.8 Å². The average molecular weight is 138 g/mol. The molecule has 10 heavy (non-hydrogen) atoms. The monoisotopic (exact) mass is 138 g/mol. The van der Waals surface area contributed by atoms with Crippen molar-refractivity contribution >= 4 is 0 Å². The average Bonchev–Trinajstić information content (AvgIpc) is 2.50. The molecule has 1 heteroatoms. The normalized spacial score (nSPS) is 43.1. The molecule has 2 unspecified atom stereocenters. The van der Waals surface area contributed by atoms with Crippen molar-refractivity contribution in [1.82, 2.24) is 0 Å². The Kier molecular flexibility index (Phi) is 1.53. The van der Waals surface area contributed by atoms with Crippen LogP contribution in [0.25, 0.3) is 0 Å². The molecule has 1 fully saturated rings. The first-order chi connectivity index (χ1) is 4.92. The highest BCUT2D eigenvalue weighted by molar-refractivity contribution is 5.12. The molecular formula is C9H14O. The smallest absolute Gasteiger partial charge is 0.0699 e. The summed E-state index contributed by atoms with van der Waals surface area (Å²) in [6, 6.07) is 0. The van der Waals surface area contributed by atoms with Gasteiger partial charge in [0.05, 0.1) is 6.10 Å². The molecule has 56 valence electrons. The van der Waals surface area contributed by atoms with Gasteiger partial charge in [-0.2, -0.15) is 0 Å². The molecule has 0 saturated heterocycles. The van der Waals surface area contributed by atoms with Crippen molar-refractivity contribution < 1.29 is 4.74 Å². The summed E-state index contributed by atoms with van der Waals surface area (Å²) >= 11 is 0. The summed E-state index contributed by atoms with van der Waals surface area (Å²) in [6.45, 7) is 2.96. The minimum absolute atomic E-state index is 0.546. The van der Waals surface area contributed by atoms with Crippen molar-refractivity contribution in [3.63, 3.8) is 0 Å². The molecule has 2 bridgehead atoms. The van der Waals surface area contributed by atoms with Crippen LogP contribution in [0.15, 0.2) is 12.2 Å². The van der Waals surface area contributed by atoms with Gasteiger partial charge in [0, 0.05) is 18.4 Å². The SMILES string of the molecule is CCOC1C2C=CC1CC2. The second kappa shape index (κ2) is 2.39. The zero-order chi connectivity index (χ0) is 6.97. The van der Waals surface area contributed by atoms with E-state index in [2.05, 4.69) is 19.1 Å². The van der Waals surface area contributed by atoms with E-state index in [4.69, 9.17) is 4.74 Å². The summed E-state index contributed by atoms with van der Waals surface area (Å²) in [7, 11) is 0. The van der Waals surface area contributed by atoms with E-state index >= 15 is 0 Å². The molecule has 2 atom stereocenters. The Hall–Kier alpha value is -0.300. The lowest BCUT2D eigenvalue weighted by molar-refractivity contribution is 0.0375. The van der Waals surface area contributed by atoms with Crippen LogP contribution in [0.5, 0.6) is 0 Å². The second-order valence-corrected chi connectivity index (χ2v) is 3.21. The maximum Gasteiger partial charge on any atom is 0.0699 e. The standard InChI is InChI=1S/C9H14O/c1-2-10-9-7-3-4-8(9)6-5-7/h3-4,7-9H,2,5-6H2,1H3. The third-order valence-electron chi connectivity index (χ3n) is 2.64. The number of rotatable bonds is 2. The third-order valence-corrected chi connectivity index (χ3v) is 2.64. The van der Waals surface area contributed by atoms with Gasteiger partial charge < -0.3 is 4.74 Å². The predicted octanol–water partition coefficient (Wildman–Crippen LogP) is 1.99. The van der Waals surface area contributed by atoms with Gasteiger partial charge in [0.1, 0.15) is 0 Å². The first kappa shape index (κ1) is 6.41. The summed E-state index contributed by atoms with van der Waals surface area (Å²) in [4.78, 5) is 0. The molecule has 1 saturated carbocycles. The van der Waals surface area contributed by atoms with E-state index in [9.17, 15) is 0 Å². The summed E-state index contributed by atoms with van der Waals surface area (Å²) in [5.74, 6) is 1.51. The van der Waals surface area contributed by atoms with Crippen LogP contribution in [-0.4, -0.2) is 12.7 Å². The van der Waals surface area contributed by atoms with Gasteiger partial charge in [0.2, 0.25) is 0 Å². The molecule has 0 spiro atoms. The fourth-order valence-corrected chi connectivity index (χ4v) is 2.17. The molecule has 0 N–H and O–H groups in total. The molecule has 2 aliphatic rings. The Morgan fingerprint density at radius 3 is 2.30 bits per heavy atom. The van der Waals surface area contributed by atoms with E-state index in [1.807, 2.05) is 0 Å². The van der Waals surface area contributed by atoms with Crippen molar-refractivity contribution in [3.8, 4) is 0 Å². The number of fused-ring (bicyclic) bond motifs is 2. The van der Waals surface area contributed by atoms with Gasteiger partial charge in [-0.3, -0.25) is 0 Å². The van der Waals surface area contributed by atoms with E-state index in [-0.39, 0.29) is 0 Å². The number of hydrogen-bond donors (Lipinski definition) is 0. The molecule has 1 nitrogen and oxygen atoms in total. The lowest BCUT2D eigenvalue weighted by Gasteiger charge is -2.14. The highest BCUT2D eigenvalue weighted by Crippen LogP contribution is 2.40. The zero-order valence-corrected chi connectivity index (χ0v) is 6.42. The van der Waals surface area contributed by atoms with Gasteiger partial charge in [-0.15, -0.1) is 0 Å². The first-order valence-corrected chi connectivity index (χ1v) is 4.21. The summed E-state index contributed by atoms with van der Waals surface area (Å²) in [5.41, 5.74) is 0. The first-order valence-electron chi connectivity index (χ1n) is 4.21. The van der Waals surface area contributed by atoms with Crippen molar-refractivity contribution in [2.75, 3.05) is 6.61 Å². The van der Waals surface area contributed by atoms with E-state index < -0.39 is 0 Å². The van der Waals surface area contributed by atoms with Crippen LogP contribution in [0.4, 0.5) is 0 Å². The zero-order valence-electron chi connectivity index (χ0n) is 6.42. The van der Waals surface area contributed by atoms with Crippen LogP contribution in [0.3, 0.4) is 0 Å². The van der Waals surface area contributed by atoms with Crippen molar-refractivity contribution in [2.45, 2.75) is 25.9 Å². The lowest BCUT2D eigenvalue weighted by Crippen LogP contribution is -2.18. The second-order valence-electron chi connectivity index (χ2n) is 3.21. The highest BCUT2D eigenvalue weighted by Gasteiger charge is 2.37. The van der Waals surface area contributed by atoms with Crippen LogP contribution >= 0.6 is 0 Å². The molecular weight excluding hydrogens is 124 g/mol. The molecule has 0 aliphatic heterocycles. The van der Waals surface area contributed by atoms with E-state index in [0.717, 1.165) is 18.4 Å². The van der Waals surface area contributed by atoms with Crippen LogP contribution in [0.1, 0.15) is 19.8 Å². The third kappa shape index (κ3) is 0.807. The van der Waals surface area contributed by atoms with Gasteiger partial charge in [0.15, 0.2) is 0 Å². The fraction of sp³-hybridized carbons (Fsp3) is 0.778. The minimum Gasteiger partial charge on any atom is -0.377 e. The van der Waals surface area contributed by atoms with E-state index in [0.29, 0.717) is 6.10 Å². The molecule has 0 amide bonds. The maximum atomic E-state index is 5.63. The summed E-state index contributed by atoms with van der Waals surface area (Å²) in [6.07, 6.45) is 7.91. The summed E-state index contributed by atoms with van der Waals surface area (Å²) < 4.78 is 5.63. The largest absolute Gasteiger partial charge is 0.377 e. The minimum atomic E-state index is 0.546. The van der Waals surface area contributed by atoms with Gasteiger partial charge >= 0.3 is 0 Å². The van der Waals surface area contributed by atoms with E-state index in [1.54, 1.807) is 0 Å². The van der Waals surface area contributed by atoms with Crippen LogP contribution in [0.2, 0.25) is 0 Å². The van der Waals surface area contributed by atoms with E-state index in [1.165, 1.54) is 12.8 Å². The molecule has 0 aromatic rings. The quantitative estimate of drug-likeness (QED) is 0.530. The Morgan fingerprint density at radius 2 is 1.90 bits per heavy atom. The Balaban J connectivity index is 2.01.